The Morgan fingerprint density at radius 2 is 2.35 bits per heavy atom. The average molecular weight is 271 g/mol. The number of piperidine rings is 1. The monoisotopic (exact) mass is 271 g/mol. The summed E-state index contributed by atoms with van der Waals surface area (Å²) >= 11 is 0. The molecule has 0 radical (unpaired) electrons. The van der Waals surface area contributed by atoms with Crippen molar-refractivity contribution in [3.8, 4) is 0 Å². The summed E-state index contributed by atoms with van der Waals surface area (Å²) < 4.78 is 1.91. The first-order chi connectivity index (χ1) is 9.75. The van der Waals surface area contributed by atoms with Crippen molar-refractivity contribution >= 4 is 22.1 Å². The molecule has 0 unspecified atom stereocenters. The first kappa shape index (κ1) is 11.7. The third-order valence-corrected chi connectivity index (χ3v) is 4.38. The van der Waals surface area contributed by atoms with E-state index in [1.54, 1.807) is 6.20 Å². The number of aromatic amines is 2. The van der Waals surface area contributed by atoms with Crippen molar-refractivity contribution in [1.82, 2.24) is 24.8 Å². The van der Waals surface area contributed by atoms with Gasteiger partial charge in [0.25, 0.3) is 0 Å². The largest absolute Gasteiger partial charge is 0.346 e. The van der Waals surface area contributed by atoms with Crippen LogP contribution in [0, 0.1) is 5.92 Å². The van der Waals surface area contributed by atoms with Gasteiger partial charge in [0.2, 0.25) is 0 Å². The lowest BCUT2D eigenvalue weighted by atomic mass is 9.94. The van der Waals surface area contributed by atoms with E-state index in [0.717, 1.165) is 41.6 Å². The van der Waals surface area contributed by atoms with Crippen LogP contribution in [-0.2, 0) is 0 Å². The SMILES string of the molecule is C[C@H]1CCNC[C@H]1n1c(=O)[nH]c2cnc3[nH]ccc3c21. The fraction of sp³-hybridized carbons (Fsp3) is 0.429. The summed E-state index contributed by atoms with van der Waals surface area (Å²) in [4.78, 5) is 22.8. The molecule has 0 bridgehead atoms. The topological polar surface area (TPSA) is 78.5 Å². The van der Waals surface area contributed by atoms with Gasteiger partial charge in [0.1, 0.15) is 5.65 Å². The van der Waals surface area contributed by atoms with Gasteiger partial charge in [-0.1, -0.05) is 6.92 Å². The van der Waals surface area contributed by atoms with Crippen molar-refractivity contribution < 1.29 is 0 Å². The van der Waals surface area contributed by atoms with Crippen LogP contribution in [0.15, 0.2) is 23.3 Å². The lowest BCUT2D eigenvalue weighted by Crippen LogP contribution is -2.40. The van der Waals surface area contributed by atoms with E-state index in [4.69, 9.17) is 0 Å². The van der Waals surface area contributed by atoms with Crippen LogP contribution in [0.4, 0.5) is 0 Å². The van der Waals surface area contributed by atoms with E-state index in [9.17, 15) is 4.79 Å². The molecule has 6 heteroatoms. The predicted molar refractivity (Wildman–Crippen MR) is 77.9 cm³/mol. The van der Waals surface area contributed by atoms with Gasteiger partial charge in [0.05, 0.1) is 23.3 Å². The molecule has 3 aromatic rings. The van der Waals surface area contributed by atoms with E-state index in [-0.39, 0.29) is 11.7 Å². The van der Waals surface area contributed by atoms with Gasteiger partial charge in [-0.25, -0.2) is 9.78 Å². The minimum Gasteiger partial charge on any atom is -0.346 e. The zero-order valence-corrected chi connectivity index (χ0v) is 11.3. The van der Waals surface area contributed by atoms with Gasteiger partial charge in [-0.15, -0.1) is 0 Å². The van der Waals surface area contributed by atoms with Crippen LogP contribution in [0.2, 0.25) is 0 Å². The first-order valence-electron chi connectivity index (χ1n) is 7.02. The Bertz CT molecular complexity index is 827. The Labute approximate surface area is 115 Å². The lowest BCUT2D eigenvalue weighted by molar-refractivity contribution is 0.275. The standard InChI is InChI=1S/C14H17N5O/c1-8-2-4-15-7-11(8)19-12-9-3-5-16-13(9)17-6-10(12)18-14(19)20/h3,5-6,8,11,15H,2,4,7H2,1H3,(H,16,17)(H,18,20)/t8-,11+/m0/s1. The van der Waals surface area contributed by atoms with E-state index in [2.05, 4.69) is 27.2 Å². The summed E-state index contributed by atoms with van der Waals surface area (Å²) in [5.41, 5.74) is 2.54. The number of fused-ring (bicyclic) bond motifs is 3. The van der Waals surface area contributed by atoms with Crippen LogP contribution in [0.1, 0.15) is 19.4 Å². The van der Waals surface area contributed by atoms with Gasteiger partial charge < -0.3 is 15.3 Å². The summed E-state index contributed by atoms with van der Waals surface area (Å²) in [7, 11) is 0. The predicted octanol–water partition coefficient (Wildman–Crippen LogP) is 1.38. The molecule has 3 aromatic heterocycles. The maximum absolute atomic E-state index is 12.4. The molecule has 1 aliphatic rings. The molecule has 6 nitrogen and oxygen atoms in total. The van der Waals surface area contributed by atoms with E-state index in [1.165, 1.54) is 0 Å². The fourth-order valence-electron chi connectivity index (χ4n) is 3.26. The van der Waals surface area contributed by atoms with Gasteiger partial charge in [-0.05, 0) is 24.9 Å². The van der Waals surface area contributed by atoms with Crippen LogP contribution in [-0.4, -0.2) is 32.6 Å². The number of nitrogens with zero attached hydrogens (tertiary/aromatic N) is 2. The molecule has 0 aliphatic carbocycles. The van der Waals surface area contributed by atoms with Crippen molar-refractivity contribution in [3.63, 3.8) is 0 Å². The van der Waals surface area contributed by atoms with E-state index >= 15 is 0 Å². The van der Waals surface area contributed by atoms with E-state index in [0.29, 0.717) is 5.92 Å². The van der Waals surface area contributed by atoms with Gasteiger partial charge in [-0.3, -0.25) is 4.57 Å². The molecule has 20 heavy (non-hydrogen) atoms. The van der Waals surface area contributed by atoms with Crippen molar-refractivity contribution in [2.45, 2.75) is 19.4 Å². The molecule has 2 atom stereocenters. The molecule has 104 valence electrons. The van der Waals surface area contributed by atoms with Gasteiger partial charge in [0, 0.05) is 18.1 Å². The highest BCUT2D eigenvalue weighted by Crippen LogP contribution is 2.28. The number of hydrogen-bond acceptors (Lipinski definition) is 3. The van der Waals surface area contributed by atoms with Crippen LogP contribution < -0.4 is 11.0 Å². The van der Waals surface area contributed by atoms with Gasteiger partial charge in [-0.2, -0.15) is 0 Å². The fourth-order valence-corrected chi connectivity index (χ4v) is 3.26. The highest BCUT2D eigenvalue weighted by atomic mass is 16.1. The van der Waals surface area contributed by atoms with Crippen molar-refractivity contribution in [3.05, 3.63) is 28.9 Å². The summed E-state index contributed by atoms with van der Waals surface area (Å²) in [5, 5.41) is 4.39. The molecule has 1 fully saturated rings. The van der Waals surface area contributed by atoms with E-state index < -0.39 is 0 Å². The molecular weight excluding hydrogens is 254 g/mol. The van der Waals surface area contributed by atoms with Gasteiger partial charge in [0.15, 0.2) is 0 Å². The Morgan fingerprint density at radius 3 is 3.20 bits per heavy atom. The Kier molecular flexibility index (Phi) is 2.47. The summed E-state index contributed by atoms with van der Waals surface area (Å²) in [6.07, 6.45) is 4.68. The third-order valence-electron chi connectivity index (χ3n) is 4.38. The minimum absolute atomic E-state index is 0.0453. The number of nitrogens with one attached hydrogen (secondary N) is 3. The first-order valence-corrected chi connectivity index (χ1v) is 7.02. The quantitative estimate of drug-likeness (QED) is 0.625. The summed E-state index contributed by atoms with van der Waals surface area (Å²) in [6.45, 7) is 4.07. The zero-order valence-electron chi connectivity index (χ0n) is 11.3. The molecular formula is C14H17N5O. The molecule has 4 heterocycles. The van der Waals surface area contributed by atoms with Crippen molar-refractivity contribution in [2.75, 3.05) is 13.1 Å². The highest BCUT2D eigenvalue weighted by Gasteiger charge is 2.26. The summed E-state index contributed by atoms with van der Waals surface area (Å²) in [6, 6.07) is 2.17. The van der Waals surface area contributed by atoms with Gasteiger partial charge >= 0.3 is 5.69 Å². The Morgan fingerprint density at radius 1 is 1.45 bits per heavy atom. The summed E-state index contributed by atoms with van der Waals surface area (Å²) in [5.74, 6) is 0.482. The molecule has 0 amide bonds. The number of rotatable bonds is 1. The average Bonchev–Trinajstić information content (AvgIpc) is 3.02. The molecule has 1 aliphatic heterocycles. The Balaban J connectivity index is 2.04. The van der Waals surface area contributed by atoms with Crippen molar-refractivity contribution in [1.29, 1.82) is 0 Å². The number of hydrogen-bond donors (Lipinski definition) is 3. The van der Waals surface area contributed by atoms with Crippen LogP contribution in [0.5, 0.6) is 0 Å². The van der Waals surface area contributed by atoms with Crippen LogP contribution >= 0.6 is 0 Å². The molecule has 4 rings (SSSR count). The minimum atomic E-state index is -0.0453. The molecule has 3 N–H and O–H groups in total. The van der Waals surface area contributed by atoms with Crippen LogP contribution in [0.3, 0.4) is 0 Å². The smallest absolute Gasteiger partial charge is 0.326 e. The third kappa shape index (κ3) is 1.54. The number of aromatic nitrogens is 4. The molecule has 0 saturated carbocycles. The number of H-pyrrole nitrogens is 2. The zero-order chi connectivity index (χ0) is 13.7. The second-order valence-corrected chi connectivity index (χ2v) is 5.60. The maximum Gasteiger partial charge on any atom is 0.326 e. The number of imidazole rings is 1. The second-order valence-electron chi connectivity index (χ2n) is 5.60. The van der Waals surface area contributed by atoms with Crippen molar-refractivity contribution in [2.24, 2.45) is 5.92 Å². The van der Waals surface area contributed by atoms with E-state index in [1.807, 2.05) is 16.8 Å². The number of pyridine rings is 1. The normalized spacial score (nSPS) is 23.6. The highest BCUT2D eigenvalue weighted by molar-refractivity contribution is 6.00. The molecule has 0 aromatic carbocycles. The maximum atomic E-state index is 12.4. The lowest BCUT2D eigenvalue weighted by Gasteiger charge is -2.30. The Hall–Kier alpha value is -2.08. The molecule has 1 saturated heterocycles. The second kappa shape index (κ2) is 4.21. The van der Waals surface area contributed by atoms with Crippen LogP contribution in [0.25, 0.3) is 22.1 Å². The molecule has 0 spiro atoms.